The van der Waals surface area contributed by atoms with E-state index in [9.17, 15) is 0 Å². The van der Waals surface area contributed by atoms with Gasteiger partial charge in [0, 0.05) is 13.1 Å². The van der Waals surface area contributed by atoms with Crippen molar-refractivity contribution in [2.24, 2.45) is 0 Å². The van der Waals surface area contributed by atoms with Crippen LogP contribution in [0.3, 0.4) is 0 Å². The number of hydrogen-bond donors (Lipinski definition) is 2. The number of halogens is 1. The molecule has 2 N–H and O–H groups in total. The van der Waals surface area contributed by atoms with Crippen molar-refractivity contribution in [2.75, 3.05) is 26.3 Å². The summed E-state index contributed by atoms with van der Waals surface area (Å²) in [6, 6.07) is 0. The SMILES string of the molecule is C1COCCN1.OCl. The van der Waals surface area contributed by atoms with Gasteiger partial charge in [-0.2, -0.15) is 0 Å². The maximum absolute atomic E-state index is 6.47. The molecule has 1 rings (SSSR count). The Hall–Kier alpha value is 0.170. The summed E-state index contributed by atoms with van der Waals surface area (Å²) in [5.41, 5.74) is 0. The van der Waals surface area contributed by atoms with Crippen molar-refractivity contribution in [1.29, 1.82) is 0 Å². The fourth-order valence-corrected chi connectivity index (χ4v) is 0.516. The number of morpholine rings is 1. The second-order valence-corrected chi connectivity index (χ2v) is 1.36. The third-order valence-corrected chi connectivity index (χ3v) is 0.846. The summed E-state index contributed by atoms with van der Waals surface area (Å²) in [6.07, 6.45) is 0. The molecule has 0 aromatic rings. The molecule has 0 amide bonds. The van der Waals surface area contributed by atoms with E-state index in [2.05, 4.69) is 17.2 Å². The molecule has 1 fully saturated rings. The zero-order valence-electron chi connectivity index (χ0n) is 4.56. The number of ether oxygens (including phenoxy) is 1. The van der Waals surface area contributed by atoms with Gasteiger partial charge in [0.05, 0.1) is 25.1 Å². The van der Waals surface area contributed by atoms with Gasteiger partial charge in [0.2, 0.25) is 0 Å². The van der Waals surface area contributed by atoms with Gasteiger partial charge >= 0.3 is 0 Å². The van der Waals surface area contributed by atoms with Crippen molar-refractivity contribution in [2.45, 2.75) is 0 Å². The van der Waals surface area contributed by atoms with Gasteiger partial charge in [0.25, 0.3) is 0 Å². The largest absolute Gasteiger partial charge is 0.379 e. The molecule has 1 aliphatic rings. The lowest BCUT2D eigenvalue weighted by Crippen LogP contribution is -2.30. The molecule has 0 saturated carbocycles. The number of nitrogens with one attached hydrogen (secondary N) is 1. The Morgan fingerprint density at radius 3 is 1.88 bits per heavy atom. The zero-order valence-corrected chi connectivity index (χ0v) is 5.32. The van der Waals surface area contributed by atoms with E-state index in [0.717, 1.165) is 26.3 Å². The van der Waals surface area contributed by atoms with E-state index < -0.39 is 0 Å². The molecular weight excluding hydrogens is 130 g/mol. The number of hydrogen-bond acceptors (Lipinski definition) is 3. The summed E-state index contributed by atoms with van der Waals surface area (Å²) in [6.45, 7) is 3.83. The average Bonchev–Trinajstić information content (AvgIpc) is 1.96. The van der Waals surface area contributed by atoms with Gasteiger partial charge in [-0.1, -0.05) is 0 Å². The molecule has 0 aromatic heterocycles. The first kappa shape index (κ1) is 8.17. The van der Waals surface area contributed by atoms with Gasteiger partial charge in [-0.05, 0) is 0 Å². The molecule has 3 nitrogen and oxygen atoms in total. The van der Waals surface area contributed by atoms with Crippen molar-refractivity contribution < 1.29 is 9.40 Å². The molecule has 1 aliphatic heterocycles. The van der Waals surface area contributed by atoms with Crippen LogP contribution in [0.4, 0.5) is 0 Å². The van der Waals surface area contributed by atoms with Gasteiger partial charge in [0.1, 0.15) is 0 Å². The lowest BCUT2D eigenvalue weighted by atomic mass is 10.5. The second kappa shape index (κ2) is 7.17. The predicted octanol–water partition coefficient (Wildman–Crippen LogP) is -0.261. The molecule has 0 radical (unpaired) electrons. The first-order chi connectivity index (χ1) is 4.00. The molecule has 1 heterocycles. The fourth-order valence-electron chi connectivity index (χ4n) is 0.516. The highest BCUT2D eigenvalue weighted by atomic mass is 35.5. The van der Waals surface area contributed by atoms with E-state index >= 15 is 0 Å². The smallest absolute Gasteiger partial charge is 0.0591 e. The minimum absolute atomic E-state index is 0.889. The first-order valence-electron chi connectivity index (χ1n) is 2.45. The maximum atomic E-state index is 6.47. The Bertz CT molecular complexity index is 29.5. The van der Waals surface area contributed by atoms with E-state index in [1.54, 1.807) is 0 Å². The Kier molecular flexibility index (Phi) is 7.32. The highest BCUT2D eigenvalue weighted by Crippen LogP contribution is 1.76. The van der Waals surface area contributed by atoms with Crippen LogP contribution in [0.25, 0.3) is 0 Å². The van der Waals surface area contributed by atoms with E-state index in [4.69, 9.17) is 9.40 Å². The van der Waals surface area contributed by atoms with Crippen molar-refractivity contribution in [3.63, 3.8) is 0 Å². The zero-order chi connectivity index (χ0) is 6.24. The highest BCUT2D eigenvalue weighted by molar-refractivity contribution is 6.04. The minimum atomic E-state index is 0.889. The lowest BCUT2D eigenvalue weighted by Gasteiger charge is -2.10. The van der Waals surface area contributed by atoms with Crippen LogP contribution in [0, 0.1) is 0 Å². The summed E-state index contributed by atoms with van der Waals surface area (Å²) in [5.74, 6) is 0. The van der Waals surface area contributed by atoms with Crippen molar-refractivity contribution >= 4 is 11.9 Å². The van der Waals surface area contributed by atoms with Gasteiger partial charge in [-0.3, -0.25) is 4.66 Å². The standard InChI is InChI=1S/C4H9NO.ClHO/c1-3-6-4-2-5-1;1-2/h5H,1-4H2;2H. The van der Waals surface area contributed by atoms with E-state index in [-0.39, 0.29) is 0 Å². The third-order valence-electron chi connectivity index (χ3n) is 0.846. The quantitative estimate of drug-likeness (QED) is 0.486. The molecule has 8 heavy (non-hydrogen) atoms. The van der Waals surface area contributed by atoms with Gasteiger partial charge in [-0.15, -0.1) is 0 Å². The number of rotatable bonds is 0. The normalized spacial score (nSPS) is 18.8. The maximum Gasteiger partial charge on any atom is 0.0591 e. The lowest BCUT2D eigenvalue weighted by molar-refractivity contribution is 0.109. The van der Waals surface area contributed by atoms with Crippen LogP contribution in [-0.4, -0.2) is 31.0 Å². The van der Waals surface area contributed by atoms with Crippen LogP contribution >= 0.6 is 11.9 Å². The van der Waals surface area contributed by atoms with Crippen molar-refractivity contribution in [3.05, 3.63) is 0 Å². The molecule has 0 atom stereocenters. The molecule has 4 heteroatoms. The summed E-state index contributed by atoms with van der Waals surface area (Å²) < 4.78 is 11.5. The summed E-state index contributed by atoms with van der Waals surface area (Å²) in [4.78, 5) is 0. The average molecular weight is 140 g/mol. The summed E-state index contributed by atoms with van der Waals surface area (Å²) in [5, 5.41) is 3.16. The van der Waals surface area contributed by atoms with E-state index in [0.29, 0.717) is 0 Å². The van der Waals surface area contributed by atoms with Crippen LogP contribution in [0.2, 0.25) is 0 Å². The topological polar surface area (TPSA) is 41.5 Å². The Labute approximate surface area is 53.8 Å². The van der Waals surface area contributed by atoms with Crippen LogP contribution in [0.15, 0.2) is 0 Å². The predicted molar refractivity (Wildman–Crippen MR) is 31.8 cm³/mol. The van der Waals surface area contributed by atoms with Crippen LogP contribution in [0.1, 0.15) is 0 Å². The van der Waals surface area contributed by atoms with Crippen molar-refractivity contribution in [3.8, 4) is 0 Å². The molecular formula is C4H10ClNO2. The Morgan fingerprint density at radius 1 is 1.25 bits per heavy atom. The van der Waals surface area contributed by atoms with Crippen molar-refractivity contribution in [1.82, 2.24) is 5.32 Å². The van der Waals surface area contributed by atoms with E-state index in [1.807, 2.05) is 0 Å². The van der Waals surface area contributed by atoms with E-state index in [1.165, 1.54) is 0 Å². The molecule has 0 aliphatic carbocycles. The first-order valence-corrected chi connectivity index (χ1v) is 2.79. The monoisotopic (exact) mass is 139 g/mol. The third kappa shape index (κ3) is 4.33. The molecule has 0 unspecified atom stereocenters. The van der Waals surface area contributed by atoms with Crippen LogP contribution < -0.4 is 5.32 Å². The Balaban J connectivity index is 0.000000222. The molecule has 1 saturated heterocycles. The van der Waals surface area contributed by atoms with Crippen LogP contribution in [0.5, 0.6) is 0 Å². The van der Waals surface area contributed by atoms with Gasteiger partial charge < -0.3 is 10.1 Å². The Morgan fingerprint density at radius 2 is 1.75 bits per heavy atom. The summed E-state index contributed by atoms with van der Waals surface area (Å²) in [7, 11) is 0. The van der Waals surface area contributed by atoms with Gasteiger partial charge in [0.15, 0.2) is 0 Å². The minimum Gasteiger partial charge on any atom is -0.379 e. The molecule has 0 spiro atoms. The van der Waals surface area contributed by atoms with Gasteiger partial charge in [-0.25, -0.2) is 0 Å². The summed E-state index contributed by atoms with van der Waals surface area (Å²) >= 11 is 3.64. The second-order valence-electron chi connectivity index (χ2n) is 1.36. The molecule has 50 valence electrons. The highest BCUT2D eigenvalue weighted by Gasteiger charge is 1.92. The fraction of sp³-hybridized carbons (Fsp3) is 1.00. The molecule has 0 bridgehead atoms. The molecule has 0 aromatic carbocycles. The van der Waals surface area contributed by atoms with Crippen LogP contribution in [-0.2, 0) is 4.74 Å².